The van der Waals surface area contributed by atoms with Gasteiger partial charge in [-0.2, -0.15) is 0 Å². The molecule has 8 nitrogen and oxygen atoms in total. The molecule has 0 bridgehead atoms. The molecule has 0 aliphatic rings. The Hall–Kier alpha value is -2.56. The van der Waals surface area contributed by atoms with Gasteiger partial charge in [0.2, 0.25) is 10.0 Å². The number of nitrogens with one attached hydrogen (secondary N) is 1. The molecule has 2 aromatic carbocycles. The van der Waals surface area contributed by atoms with Crippen LogP contribution in [0.2, 0.25) is 0 Å². The number of benzene rings is 2. The monoisotopic (exact) mass is 463 g/mol. The molecule has 0 saturated heterocycles. The first-order valence-electron chi connectivity index (χ1n) is 8.28. The van der Waals surface area contributed by atoms with Gasteiger partial charge in [0, 0.05) is 4.47 Å². The molecule has 1 amide bonds. The van der Waals surface area contributed by atoms with E-state index < -0.39 is 22.0 Å². The quantitative estimate of drug-likeness (QED) is 0.601. The first-order chi connectivity index (χ1) is 13.2. The molecular formula is C18H18BrN5O3S. The summed E-state index contributed by atoms with van der Waals surface area (Å²) in [4.78, 5) is 12.7. The topological polar surface area (TPSA) is 120 Å². The molecular weight excluding hydrogens is 446 g/mol. The molecule has 0 saturated carbocycles. The molecule has 1 aromatic heterocycles. The summed E-state index contributed by atoms with van der Waals surface area (Å²) < 4.78 is 25.5. The van der Waals surface area contributed by atoms with Crippen LogP contribution in [0.4, 0.5) is 0 Å². The Bertz CT molecular complexity index is 1140. The molecule has 1 unspecified atom stereocenters. The summed E-state index contributed by atoms with van der Waals surface area (Å²) in [6, 6.07) is 13.1. The fraction of sp³-hybridized carbons (Fsp3) is 0.167. The number of amides is 1. The summed E-state index contributed by atoms with van der Waals surface area (Å²) >= 11 is 3.41. The molecule has 0 aliphatic heterocycles. The minimum absolute atomic E-state index is 0.0112. The number of hydrogen-bond donors (Lipinski definition) is 2. The lowest BCUT2D eigenvalue weighted by Crippen LogP contribution is -2.28. The molecule has 0 aliphatic carbocycles. The fourth-order valence-electron chi connectivity index (χ4n) is 2.70. The number of sulfonamides is 1. The maximum atomic E-state index is 12.7. The third-order valence-electron chi connectivity index (χ3n) is 4.20. The Labute approximate surface area is 170 Å². The Morgan fingerprint density at radius 3 is 2.61 bits per heavy atom. The molecule has 3 aromatic rings. The minimum atomic E-state index is -3.82. The van der Waals surface area contributed by atoms with Crippen molar-refractivity contribution in [2.24, 2.45) is 5.14 Å². The highest BCUT2D eigenvalue weighted by molar-refractivity contribution is 9.10. The van der Waals surface area contributed by atoms with Gasteiger partial charge in [-0.1, -0.05) is 39.3 Å². The summed E-state index contributed by atoms with van der Waals surface area (Å²) in [7, 11) is -3.82. The minimum Gasteiger partial charge on any atom is -0.344 e. The van der Waals surface area contributed by atoms with Crippen molar-refractivity contribution in [1.82, 2.24) is 20.3 Å². The number of nitrogens with two attached hydrogens (primary N) is 1. The van der Waals surface area contributed by atoms with E-state index in [9.17, 15) is 13.2 Å². The number of rotatable bonds is 5. The van der Waals surface area contributed by atoms with Gasteiger partial charge >= 0.3 is 0 Å². The number of hydrogen-bond acceptors (Lipinski definition) is 5. The van der Waals surface area contributed by atoms with Crippen molar-refractivity contribution in [1.29, 1.82) is 0 Å². The molecule has 28 heavy (non-hydrogen) atoms. The van der Waals surface area contributed by atoms with Crippen molar-refractivity contribution in [2.75, 3.05) is 0 Å². The van der Waals surface area contributed by atoms with Crippen molar-refractivity contribution in [3.8, 4) is 5.69 Å². The largest absolute Gasteiger partial charge is 0.344 e. The third-order valence-corrected chi connectivity index (χ3v) is 5.60. The van der Waals surface area contributed by atoms with Gasteiger partial charge in [0.05, 0.1) is 22.3 Å². The van der Waals surface area contributed by atoms with E-state index in [2.05, 4.69) is 31.6 Å². The number of aromatic nitrogens is 3. The van der Waals surface area contributed by atoms with Crippen molar-refractivity contribution in [3.63, 3.8) is 0 Å². The maximum Gasteiger partial charge on any atom is 0.274 e. The molecule has 1 atom stereocenters. The van der Waals surface area contributed by atoms with E-state index in [0.29, 0.717) is 11.3 Å². The van der Waals surface area contributed by atoms with Gasteiger partial charge in [0.15, 0.2) is 5.69 Å². The summed E-state index contributed by atoms with van der Waals surface area (Å²) in [5, 5.41) is 16.0. The lowest BCUT2D eigenvalue weighted by atomic mass is 10.1. The van der Waals surface area contributed by atoms with Crippen molar-refractivity contribution >= 4 is 31.9 Å². The van der Waals surface area contributed by atoms with Crippen LogP contribution in [0.1, 0.15) is 34.7 Å². The SMILES string of the molecule is Cc1c(C(=O)NC(C)c2cccc(S(N)(=O)=O)c2)nnn1-c1cccc(Br)c1. The van der Waals surface area contributed by atoms with E-state index >= 15 is 0 Å². The van der Waals surface area contributed by atoms with Crippen LogP contribution in [-0.2, 0) is 10.0 Å². The standard InChI is InChI=1S/C18H18BrN5O3S/c1-11(13-5-3-8-16(9-13)28(20,26)27)21-18(25)17-12(2)24(23-22-17)15-7-4-6-14(19)10-15/h3-11H,1-2H3,(H,21,25)(H2,20,26,27). The van der Waals surface area contributed by atoms with E-state index in [1.807, 2.05) is 24.3 Å². The molecule has 10 heteroatoms. The lowest BCUT2D eigenvalue weighted by Gasteiger charge is -2.14. The van der Waals surface area contributed by atoms with Gasteiger partial charge in [-0.25, -0.2) is 18.2 Å². The average Bonchev–Trinajstić information content (AvgIpc) is 3.02. The van der Waals surface area contributed by atoms with Gasteiger partial charge in [-0.15, -0.1) is 5.10 Å². The predicted molar refractivity (Wildman–Crippen MR) is 107 cm³/mol. The van der Waals surface area contributed by atoms with E-state index in [1.54, 1.807) is 30.7 Å². The van der Waals surface area contributed by atoms with Gasteiger partial charge in [0.25, 0.3) is 5.91 Å². The predicted octanol–water partition coefficient (Wildman–Crippen LogP) is 2.48. The summed E-state index contributed by atoms with van der Waals surface area (Å²) in [5.74, 6) is -0.410. The van der Waals surface area contributed by atoms with Crippen LogP contribution in [0.5, 0.6) is 0 Å². The highest BCUT2D eigenvalue weighted by Crippen LogP contribution is 2.19. The highest BCUT2D eigenvalue weighted by atomic mass is 79.9. The molecule has 0 spiro atoms. The molecule has 146 valence electrons. The Balaban J connectivity index is 1.82. The maximum absolute atomic E-state index is 12.7. The van der Waals surface area contributed by atoms with E-state index in [-0.39, 0.29) is 10.6 Å². The number of nitrogens with zero attached hydrogens (tertiary/aromatic N) is 3. The fourth-order valence-corrected chi connectivity index (χ4v) is 3.66. The Morgan fingerprint density at radius 2 is 1.93 bits per heavy atom. The normalized spacial score (nSPS) is 12.6. The summed E-state index contributed by atoms with van der Waals surface area (Å²) in [5.41, 5.74) is 2.15. The van der Waals surface area contributed by atoms with Crippen LogP contribution in [-0.4, -0.2) is 29.3 Å². The Morgan fingerprint density at radius 1 is 1.21 bits per heavy atom. The van der Waals surface area contributed by atoms with Gasteiger partial charge in [-0.3, -0.25) is 4.79 Å². The van der Waals surface area contributed by atoms with E-state index in [0.717, 1.165) is 10.2 Å². The number of primary sulfonamides is 1. The highest BCUT2D eigenvalue weighted by Gasteiger charge is 2.20. The van der Waals surface area contributed by atoms with Crippen LogP contribution in [0, 0.1) is 6.92 Å². The summed E-state index contributed by atoms with van der Waals surface area (Å²) in [6.07, 6.45) is 0. The molecule has 1 heterocycles. The van der Waals surface area contributed by atoms with Crippen molar-refractivity contribution in [2.45, 2.75) is 24.8 Å². The molecule has 0 fully saturated rings. The van der Waals surface area contributed by atoms with E-state index in [1.165, 1.54) is 12.1 Å². The van der Waals surface area contributed by atoms with Crippen LogP contribution < -0.4 is 10.5 Å². The van der Waals surface area contributed by atoms with Crippen molar-refractivity contribution in [3.05, 3.63) is 70.0 Å². The third kappa shape index (κ3) is 4.29. The van der Waals surface area contributed by atoms with Gasteiger partial charge in [0.1, 0.15) is 0 Å². The molecule has 3 N–H and O–H groups in total. The number of carbonyl (C=O) groups is 1. The average molecular weight is 464 g/mol. The second-order valence-electron chi connectivity index (χ2n) is 6.23. The Kier molecular flexibility index (Phi) is 5.64. The first kappa shape index (κ1) is 20.2. The zero-order valence-electron chi connectivity index (χ0n) is 15.1. The van der Waals surface area contributed by atoms with Crippen LogP contribution >= 0.6 is 15.9 Å². The van der Waals surface area contributed by atoms with Gasteiger partial charge in [-0.05, 0) is 49.7 Å². The summed E-state index contributed by atoms with van der Waals surface area (Å²) in [6.45, 7) is 3.50. The van der Waals surface area contributed by atoms with Crippen molar-refractivity contribution < 1.29 is 13.2 Å². The number of carbonyl (C=O) groups excluding carboxylic acids is 1. The second kappa shape index (κ2) is 7.82. The second-order valence-corrected chi connectivity index (χ2v) is 8.70. The van der Waals surface area contributed by atoms with Crippen LogP contribution in [0.15, 0.2) is 57.9 Å². The first-order valence-corrected chi connectivity index (χ1v) is 10.6. The lowest BCUT2D eigenvalue weighted by molar-refractivity contribution is 0.0934. The van der Waals surface area contributed by atoms with Gasteiger partial charge < -0.3 is 5.32 Å². The smallest absolute Gasteiger partial charge is 0.274 e. The molecule has 3 rings (SSSR count). The van der Waals surface area contributed by atoms with E-state index in [4.69, 9.17) is 5.14 Å². The van der Waals surface area contributed by atoms with Crippen LogP contribution in [0.25, 0.3) is 5.69 Å². The number of halogens is 1. The zero-order chi connectivity index (χ0) is 20.5. The zero-order valence-corrected chi connectivity index (χ0v) is 17.5. The molecule has 0 radical (unpaired) electrons. The van der Waals surface area contributed by atoms with Crippen LogP contribution in [0.3, 0.4) is 0 Å².